The minimum atomic E-state index is -0.242. The maximum absolute atomic E-state index is 13.3. The van der Waals surface area contributed by atoms with Gasteiger partial charge in [0.15, 0.2) is 0 Å². The van der Waals surface area contributed by atoms with E-state index < -0.39 is 0 Å². The van der Waals surface area contributed by atoms with Crippen molar-refractivity contribution in [2.75, 3.05) is 32.8 Å². The van der Waals surface area contributed by atoms with Crippen molar-refractivity contribution in [2.24, 2.45) is 5.73 Å². The van der Waals surface area contributed by atoms with E-state index in [-0.39, 0.29) is 11.9 Å². The second kappa shape index (κ2) is 6.61. The molecule has 1 unspecified atom stereocenters. The number of hydrogen-bond acceptors (Lipinski definition) is 3. The molecule has 1 fully saturated rings. The number of rotatable bonds is 3. The van der Waals surface area contributed by atoms with E-state index in [4.69, 9.17) is 10.5 Å². The zero-order valence-electron chi connectivity index (χ0n) is 10.2. The van der Waals surface area contributed by atoms with Gasteiger partial charge in [0.1, 0.15) is 5.82 Å². The first-order valence-corrected chi connectivity index (χ1v) is 6.98. The smallest absolute Gasteiger partial charge is 0.137 e. The fourth-order valence-corrected chi connectivity index (χ4v) is 2.69. The molecule has 1 heterocycles. The highest BCUT2D eigenvalue weighted by Gasteiger charge is 2.21. The molecule has 0 spiro atoms. The summed E-state index contributed by atoms with van der Waals surface area (Å²) in [5.41, 5.74) is 6.93. The molecule has 2 N–H and O–H groups in total. The Balaban J connectivity index is 2.17. The predicted octanol–water partition coefficient (Wildman–Crippen LogP) is 2.31. The molecule has 5 heteroatoms. The first kappa shape index (κ1) is 13.9. The molecule has 2 rings (SSSR count). The Bertz CT molecular complexity index is 395. The second-order valence-corrected chi connectivity index (χ2v) is 5.28. The van der Waals surface area contributed by atoms with Gasteiger partial charge in [0.25, 0.3) is 0 Å². The van der Waals surface area contributed by atoms with Gasteiger partial charge in [0.2, 0.25) is 0 Å². The summed E-state index contributed by atoms with van der Waals surface area (Å²) in [6, 6.07) is 5.24. The van der Waals surface area contributed by atoms with E-state index in [1.807, 2.05) is 12.1 Å². The van der Waals surface area contributed by atoms with Crippen LogP contribution < -0.4 is 5.73 Å². The van der Waals surface area contributed by atoms with Crippen LogP contribution in [0, 0.1) is 5.82 Å². The lowest BCUT2D eigenvalue weighted by Gasteiger charge is -2.29. The van der Waals surface area contributed by atoms with Gasteiger partial charge in [-0.2, -0.15) is 0 Å². The van der Waals surface area contributed by atoms with Crippen LogP contribution >= 0.6 is 15.9 Å². The lowest BCUT2D eigenvalue weighted by molar-refractivity contribution is 0.132. The van der Waals surface area contributed by atoms with Gasteiger partial charge in [-0.15, -0.1) is 0 Å². The van der Waals surface area contributed by atoms with Crippen LogP contribution in [0.1, 0.15) is 18.0 Å². The van der Waals surface area contributed by atoms with E-state index in [0.29, 0.717) is 11.0 Å². The van der Waals surface area contributed by atoms with Crippen LogP contribution in [0.3, 0.4) is 0 Å². The largest absolute Gasteiger partial charge is 0.380 e. The highest BCUT2D eigenvalue weighted by Crippen LogP contribution is 2.25. The van der Waals surface area contributed by atoms with E-state index in [0.717, 1.165) is 38.3 Å². The molecule has 0 amide bonds. The van der Waals surface area contributed by atoms with E-state index in [1.54, 1.807) is 0 Å². The number of ether oxygens (including phenoxy) is 1. The van der Waals surface area contributed by atoms with Gasteiger partial charge >= 0.3 is 0 Å². The van der Waals surface area contributed by atoms with Crippen molar-refractivity contribution in [1.29, 1.82) is 0 Å². The Hall–Kier alpha value is -0.490. The third kappa shape index (κ3) is 3.29. The normalized spacial score (nSPS) is 19.5. The maximum Gasteiger partial charge on any atom is 0.137 e. The molecule has 3 nitrogen and oxygen atoms in total. The molecule has 1 aromatic rings. The van der Waals surface area contributed by atoms with Gasteiger partial charge in [-0.1, -0.05) is 6.07 Å². The third-order valence-electron chi connectivity index (χ3n) is 3.25. The standard InChI is InChI=1S/C13H18BrFN2O/c14-11-8-10(2-3-12(11)15)13(9-16)17-4-1-6-18-7-5-17/h2-3,8,13H,1,4-7,9,16H2. The van der Waals surface area contributed by atoms with E-state index in [1.165, 1.54) is 6.07 Å². The average Bonchev–Trinajstić information content (AvgIpc) is 2.64. The number of halogens is 2. The van der Waals surface area contributed by atoms with Crippen LogP contribution in [0.25, 0.3) is 0 Å². The molecule has 1 aromatic carbocycles. The van der Waals surface area contributed by atoms with Crippen molar-refractivity contribution in [3.05, 3.63) is 34.1 Å². The van der Waals surface area contributed by atoms with Crippen LogP contribution in [0.5, 0.6) is 0 Å². The monoisotopic (exact) mass is 316 g/mol. The molecular weight excluding hydrogens is 299 g/mol. The lowest BCUT2D eigenvalue weighted by Crippen LogP contribution is -2.35. The van der Waals surface area contributed by atoms with Crippen LogP contribution in [-0.2, 0) is 4.74 Å². The molecule has 0 aromatic heterocycles. The number of hydrogen-bond donors (Lipinski definition) is 1. The Labute approximate surface area is 115 Å². The van der Waals surface area contributed by atoms with Crippen LogP contribution in [0.15, 0.2) is 22.7 Å². The quantitative estimate of drug-likeness (QED) is 0.930. The van der Waals surface area contributed by atoms with E-state index in [2.05, 4.69) is 20.8 Å². The van der Waals surface area contributed by atoms with Gasteiger partial charge in [0, 0.05) is 32.3 Å². The number of nitrogens with zero attached hydrogens (tertiary/aromatic N) is 1. The number of nitrogens with two attached hydrogens (primary N) is 1. The van der Waals surface area contributed by atoms with Crippen molar-refractivity contribution in [2.45, 2.75) is 12.5 Å². The summed E-state index contributed by atoms with van der Waals surface area (Å²) < 4.78 is 19.2. The molecular formula is C13H18BrFN2O. The average molecular weight is 317 g/mol. The van der Waals surface area contributed by atoms with Crippen molar-refractivity contribution in [3.8, 4) is 0 Å². The number of benzene rings is 1. The van der Waals surface area contributed by atoms with Crippen molar-refractivity contribution < 1.29 is 9.13 Å². The molecule has 100 valence electrons. The summed E-state index contributed by atoms with van der Waals surface area (Å²) in [6.07, 6.45) is 1.01. The van der Waals surface area contributed by atoms with Gasteiger partial charge in [-0.05, 0) is 40.0 Å². The van der Waals surface area contributed by atoms with E-state index >= 15 is 0 Å². The topological polar surface area (TPSA) is 38.5 Å². The molecule has 0 radical (unpaired) electrons. The minimum Gasteiger partial charge on any atom is -0.380 e. The lowest BCUT2D eigenvalue weighted by atomic mass is 10.0. The van der Waals surface area contributed by atoms with Gasteiger partial charge < -0.3 is 10.5 Å². The van der Waals surface area contributed by atoms with Gasteiger partial charge in [-0.3, -0.25) is 4.90 Å². The molecule has 0 bridgehead atoms. The Morgan fingerprint density at radius 3 is 2.94 bits per heavy atom. The predicted molar refractivity (Wildman–Crippen MR) is 72.9 cm³/mol. The zero-order valence-corrected chi connectivity index (χ0v) is 11.8. The maximum atomic E-state index is 13.3. The molecule has 18 heavy (non-hydrogen) atoms. The summed E-state index contributed by atoms with van der Waals surface area (Å²) in [7, 11) is 0. The molecule has 1 atom stereocenters. The summed E-state index contributed by atoms with van der Waals surface area (Å²) in [4.78, 5) is 2.31. The summed E-state index contributed by atoms with van der Waals surface area (Å²) in [5.74, 6) is -0.242. The van der Waals surface area contributed by atoms with Crippen molar-refractivity contribution >= 4 is 15.9 Å². The summed E-state index contributed by atoms with van der Waals surface area (Å²) in [5, 5.41) is 0. The van der Waals surface area contributed by atoms with Gasteiger partial charge in [0.05, 0.1) is 11.1 Å². The first-order valence-electron chi connectivity index (χ1n) is 6.19. The van der Waals surface area contributed by atoms with Crippen LogP contribution in [0.4, 0.5) is 4.39 Å². The first-order chi connectivity index (χ1) is 8.72. The Morgan fingerprint density at radius 2 is 2.22 bits per heavy atom. The zero-order chi connectivity index (χ0) is 13.0. The Morgan fingerprint density at radius 1 is 1.39 bits per heavy atom. The SMILES string of the molecule is NCC(c1ccc(F)c(Br)c1)N1CCCOCC1. The summed E-state index contributed by atoms with van der Waals surface area (Å²) >= 11 is 3.22. The third-order valence-corrected chi connectivity index (χ3v) is 3.86. The van der Waals surface area contributed by atoms with Crippen LogP contribution in [0.2, 0.25) is 0 Å². The van der Waals surface area contributed by atoms with Crippen LogP contribution in [-0.4, -0.2) is 37.7 Å². The van der Waals surface area contributed by atoms with Gasteiger partial charge in [-0.25, -0.2) is 4.39 Å². The highest BCUT2D eigenvalue weighted by molar-refractivity contribution is 9.10. The molecule has 1 saturated heterocycles. The van der Waals surface area contributed by atoms with Crippen molar-refractivity contribution in [1.82, 2.24) is 4.90 Å². The second-order valence-electron chi connectivity index (χ2n) is 4.43. The van der Waals surface area contributed by atoms with Crippen molar-refractivity contribution in [3.63, 3.8) is 0 Å². The Kier molecular flexibility index (Phi) is 5.12. The molecule has 1 aliphatic rings. The highest BCUT2D eigenvalue weighted by atomic mass is 79.9. The molecule has 1 aliphatic heterocycles. The fourth-order valence-electron chi connectivity index (χ4n) is 2.29. The fraction of sp³-hybridized carbons (Fsp3) is 0.538. The minimum absolute atomic E-state index is 0.128. The molecule has 0 saturated carbocycles. The molecule has 0 aliphatic carbocycles. The summed E-state index contributed by atoms with van der Waals surface area (Å²) in [6.45, 7) is 3.91. The van der Waals surface area contributed by atoms with E-state index in [9.17, 15) is 4.39 Å².